The molecule has 1 saturated heterocycles. The van der Waals surface area contributed by atoms with Crippen LogP contribution < -0.4 is 10.5 Å². The number of aromatic nitrogens is 1. The maximum atomic E-state index is 12.1. The molecule has 0 spiro atoms. The number of pyridine rings is 1. The maximum absolute atomic E-state index is 12.1. The molecule has 3 N–H and O–H groups in total. The van der Waals surface area contributed by atoms with E-state index in [1.807, 2.05) is 6.92 Å². The molecule has 1 aliphatic heterocycles. The van der Waals surface area contributed by atoms with E-state index in [9.17, 15) is 8.42 Å². The van der Waals surface area contributed by atoms with E-state index in [1.54, 1.807) is 6.07 Å². The number of sulfonamides is 1. The Hall–Kier alpha value is -1.18. The Labute approximate surface area is 120 Å². The molecule has 7 heteroatoms. The van der Waals surface area contributed by atoms with Crippen LogP contribution in [0, 0.1) is 5.92 Å². The molecular weight excluding hydrogens is 276 g/mol. The highest BCUT2D eigenvalue weighted by molar-refractivity contribution is 7.89. The number of hydrogen-bond acceptors (Lipinski definition) is 5. The van der Waals surface area contributed by atoms with Crippen molar-refractivity contribution in [3.63, 3.8) is 0 Å². The van der Waals surface area contributed by atoms with Crippen molar-refractivity contribution in [2.75, 3.05) is 31.9 Å². The van der Waals surface area contributed by atoms with E-state index in [2.05, 4.69) is 14.6 Å². The first-order valence-electron chi connectivity index (χ1n) is 6.91. The minimum absolute atomic E-state index is 0.0344. The van der Waals surface area contributed by atoms with Gasteiger partial charge in [-0.2, -0.15) is 0 Å². The normalized spacial score (nSPS) is 18.2. The zero-order chi connectivity index (χ0) is 14.6. The molecule has 1 fully saturated rings. The summed E-state index contributed by atoms with van der Waals surface area (Å²) in [7, 11) is -3.58. The Balaban J connectivity index is 1.90. The third-order valence-corrected chi connectivity index (χ3v) is 4.95. The van der Waals surface area contributed by atoms with Crippen LogP contribution in [0.2, 0.25) is 0 Å². The van der Waals surface area contributed by atoms with Gasteiger partial charge in [-0.15, -0.1) is 0 Å². The largest absolute Gasteiger partial charge is 0.383 e. The molecule has 0 amide bonds. The number of nitrogen functional groups attached to an aromatic ring is 1. The van der Waals surface area contributed by atoms with Crippen molar-refractivity contribution >= 4 is 15.8 Å². The number of likely N-dealkylation sites (tertiary alicyclic amines) is 1. The molecule has 1 aromatic heterocycles. The summed E-state index contributed by atoms with van der Waals surface area (Å²) in [5.74, 6) is 0.299. The molecule has 0 aromatic carbocycles. The fraction of sp³-hybridized carbons (Fsp3) is 0.615. The second kappa shape index (κ2) is 6.51. The third kappa shape index (κ3) is 3.91. The SMILES string of the molecule is CC(CNS(=O)(=O)c1cccnc1N)CN1CCCC1. The van der Waals surface area contributed by atoms with Gasteiger partial charge in [0.15, 0.2) is 0 Å². The van der Waals surface area contributed by atoms with Crippen LogP contribution in [0.15, 0.2) is 23.2 Å². The van der Waals surface area contributed by atoms with E-state index in [4.69, 9.17) is 5.73 Å². The van der Waals surface area contributed by atoms with Gasteiger partial charge in [-0.3, -0.25) is 0 Å². The maximum Gasteiger partial charge on any atom is 0.244 e. The smallest absolute Gasteiger partial charge is 0.244 e. The quantitative estimate of drug-likeness (QED) is 0.806. The van der Waals surface area contributed by atoms with E-state index < -0.39 is 10.0 Å². The Kier molecular flexibility index (Phi) is 4.95. The van der Waals surface area contributed by atoms with Crippen LogP contribution in [0.1, 0.15) is 19.8 Å². The molecule has 1 unspecified atom stereocenters. The summed E-state index contributed by atoms with van der Waals surface area (Å²) in [6.45, 7) is 5.62. The molecule has 0 radical (unpaired) electrons. The van der Waals surface area contributed by atoms with Crippen LogP contribution >= 0.6 is 0 Å². The van der Waals surface area contributed by atoms with Crippen molar-refractivity contribution in [1.82, 2.24) is 14.6 Å². The van der Waals surface area contributed by atoms with Crippen molar-refractivity contribution in [2.24, 2.45) is 5.92 Å². The fourth-order valence-electron chi connectivity index (χ4n) is 2.43. The summed E-state index contributed by atoms with van der Waals surface area (Å²) < 4.78 is 26.9. The van der Waals surface area contributed by atoms with E-state index in [1.165, 1.54) is 25.1 Å². The van der Waals surface area contributed by atoms with Gasteiger partial charge in [0.05, 0.1) is 0 Å². The summed E-state index contributed by atoms with van der Waals surface area (Å²) in [6, 6.07) is 3.04. The van der Waals surface area contributed by atoms with Gasteiger partial charge in [0, 0.05) is 19.3 Å². The first-order valence-corrected chi connectivity index (χ1v) is 8.40. The molecule has 0 bridgehead atoms. The fourth-order valence-corrected chi connectivity index (χ4v) is 3.68. The first kappa shape index (κ1) is 15.2. The molecule has 0 aliphatic carbocycles. The molecule has 1 aromatic rings. The number of nitrogens with two attached hydrogens (primary N) is 1. The lowest BCUT2D eigenvalue weighted by Crippen LogP contribution is -2.34. The number of anilines is 1. The average molecular weight is 298 g/mol. The van der Waals surface area contributed by atoms with Crippen molar-refractivity contribution in [3.05, 3.63) is 18.3 Å². The van der Waals surface area contributed by atoms with Crippen molar-refractivity contribution in [1.29, 1.82) is 0 Å². The van der Waals surface area contributed by atoms with Crippen LogP contribution in [0.3, 0.4) is 0 Å². The predicted octanol–water partition coefficient (Wildman–Crippen LogP) is 0.674. The summed E-state index contributed by atoms with van der Waals surface area (Å²) >= 11 is 0. The topological polar surface area (TPSA) is 88.3 Å². The van der Waals surface area contributed by atoms with Gasteiger partial charge >= 0.3 is 0 Å². The Morgan fingerprint density at radius 1 is 1.45 bits per heavy atom. The summed E-state index contributed by atoms with van der Waals surface area (Å²) in [6.07, 6.45) is 3.96. The molecule has 0 saturated carbocycles. The lowest BCUT2D eigenvalue weighted by molar-refractivity contribution is 0.288. The number of nitrogens with one attached hydrogen (secondary N) is 1. The van der Waals surface area contributed by atoms with Crippen LogP contribution in [-0.4, -0.2) is 44.5 Å². The number of rotatable bonds is 6. The third-order valence-electron chi connectivity index (χ3n) is 3.48. The lowest BCUT2D eigenvalue weighted by Gasteiger charge is -2.20. The second-order valence-electron chi connectivity index (χ2n) is 5.35. The van der Waals surface area contributed by atoms with Gasteiger partial charge < -0.3 is 10.6 Å². The first-order chi connectivity index (χ1) is 9.49. The van der Waals surface area contributed by atoms with Gasteiger partial charge in [-0.1, -0.05) is 6.92 Å². The van der Waals surface area contributed by atoms with Crippen LogP contribution in [0.25, 0.3) is 0 Å². The molecule has 2 rings (SSSR count). The zero-order valence-electron chi connectivity index (χ0n) is 11.7. The predicted molar refractivity (Wildman–Crippen MR) is 78.7 cm³/mol. The van der Waals surface area contributed by atoms with E-state index in [0.717, 1.165) is 19.6 Å². The van der Waals surface area contributed by atoms with Gasteiger partial charge in [-0.25, -0.2) is 18.1 Å². The van der Waals surface area contributed by atoms with E-state index >= 15 is 0 Å². The summed E-state index contributed by atoms with van der Waals surface area (Å²) in [4.78, 5) is 6.23. The van der Waals surface area contributed by atoms with E-state index in [0.29, 0.717) is 6.54 Å². The second-order valence-corrected chi connectivity index (χ2v) is 7.09. The molecule has 1 aliphatic rings. The van der Waals surface area contributed by atoms with Crippen molar-refractivity contribution in [3.8, 4) is 0 Å². The Morgan fingerprint density at radius 2 is 2.15 bits per heavy atom. The monoisotopic (exact) mass is 298 g/mol. The van der Waals surface area contributed by atoms with Gasteiger partial charge in [-0.05, 0) is 44.0 Å². The van der Waals surface area contributed by atoms with Crippen molar-refractivity contribution < 1.29 is 8.42 Å². The highest BCUT2D eigenvalue weighted by Crippen LogP contribution is 2.15. The molecule has 1 atom stereocenters. The molecule has 2 heterocycles. The number of nitrogens with zero attached hydrogens (tertiary/aromatic N) is 2. The van der Waals surface area contributed by atoms with Gasteiger partial charge in [0.25, 0.3) is 0 Å². The minimum Gasteiger partial charge on any atom is -0.383 e. The molecule has 112 valence electrons. The zero-order valence-corrected chi connectivity index (χ0v) is 12.6. The summed E-state index contributed by atoms with van der Waals surface area (Å²) in [5, 5.41) is 0. The molecular formula is C13H22N4O2S. The number of hydrogen-bond donors (Lipinski definition) is 2. The van der Waals surface area contributed by atoms with Crippen molar-refractivity contribution in [2.45, 2.75) is 24.7 Å². The van der Waals surface area contributed by atoms with Crippen LogP contribution in [-0.2, 0) is 10.0 Å². The molecule has 6 nitrogen and oxygen atoms in total. The average Bonchev–Trinajstić information content (AvgIpc) is 2.90. The van der Waals surface area contributed by atoms with Crippen LogP contribution in [0.5, 0.6) is 0 Å². The molecule has 20 heavy (non-hydrogen) atoms. The van der Waals surface area contributed by atoms with Gasteiger partial charge in [0.1, 0.15) is 10.7 Å². The highest BCUT2D eigenvalue weighted by Gasteiger charge is 2.20. The Morgan fingerprint density at radius 3 is 2.80 bits per heavy atom. The lowest BCUT2D eigenvalue weighted by atomic mass is 10.2. The highest BCUT2D eigenvalue weighted by atomic mass is 32.2. The minimum atomic E-state index is -3.58. The standard InChI is InChI=1S/C13H22N4O2S/c1-11(10-17-7-2-3-8-17)9-16-20(18,19)12-5-4-6-15-13(12)14/h4-6,11,16H,2-3,7-10H2,1H3,(H2,14,15). The van der Waals surface area contributed by atoms with Gasteiger partial charge in [0.2, 0.25) is 10.0 Å². The van der Waals surface area contributed by atoms with E-state index in [-0.39, 0.29) is 16.6 Å². The van der Waals surface area contributed by atoms with Crippen LogP contribution in [0.4, 0.5) is 5.82 Å². The Bertz CT molecular complexity index is 541. The summed E-state index contributed by atoms with van der Waals surface area (Å²) in [5.41, 5.74) is 5.61.